The van der Waals surface area contributed by atoms with Gasteiger partial charge in [-0.25, -0.2) is 9.67 Å². The predicted molar refractivity (Wildman–Crippen MR) is 141 cm³/mol. The van der Waals surface area contributed by atoms with Crippen molar-refractivity contribution < 1.29 is 18.3 Å². The zero-order chi connectivity index (χ0) is 27.1. The summed E-state index contributed by atoms with van der Waals surface area (Å²) in [6.45, 7) is 0. The number of nitrogens with zero attached hydrogens (tertiary/aromatic N) is 5. The van der Waals surface area contributed by atoms with Gasteiger partial charge < -0.3 is 10.4 Å². The monoisotopic (exact) mass is 528 g/mol. The molecule has 2 aromatic carbocycles. The van der Waals surface area contributed by atoms with Crippen molar-refractivity contribution in [3.63, 3.8) is 0 Å². The molecule has 1 aliphatic carbocycles. The van der Waals surface area contributed by atoms with E-state index in [2.05, 4.69) is 26.5 Å². The van der Waals surface area contributed by atoms with E-state index in [1.165, 1.54) is 10.9 Å². The van der Waals surface area contributed by atoms with Gasteiger partial charge in [0.2, 0.25) is 0 Å². The van der Waals surface area contributed by atoms with Crippen LogP contribution < -0.4 is 5.32 Å². The molecular formula is C29H23F3N6O. The Kier molecular flexibility index (Phi) is 6.16. The Balaban J connectivity index is 1.50. The van der Waals surface area contributed by atoms with Crippen molar-refractivity contribution in [2.45, 2.75) is 44.0 Å². The highest BCUT2D eigenvalue weighted by molar-refractivity contribution is 5.97. The Morgan fingerprint density at radius 2 is 1.79 bits per heavy atom. The molecule has 3 aromatic heterocycles. The van der Waals surface area contributed by atoms with Crippen molar-refractivity contribution in [2.24, 2.45) is 0 Å². The van der Waals surface area contributed by atoms with Crippen LogP contribution >= 0.6 is 0 Å². The molecule has 39 heavy (non-hydrogen) atoms. The lowest BCUT2D eigenvalue weighted by atomic mass is 9.93. The molecule has 0 saturated heterocycles. The zero-order valence-corrected chi connectivity index (χ0v) is 20.7. The lowest BCUT2D eigenvalue weighted by Gasteiger charge is -2.27. The van der Waals surface area contributed by atoms with Gasteiger partial charge in [0, 0.05) is 29.4 Å². The standard InChI is InChI=1S/C29H23F3N6O/c30-29(31,32)27-26-23(19-13-17-3-1-2-4-24(17)35-16-19)11-12-34-28(26)38(37-27)21-8-5-18(15-33)25(14-21)36-20-6-9-22(39)10-7-20/h1-5,8,11-14,16,20,22,36,39H,6-7,9-10H2. The smallest absolute Gasteiger partial charge is 0.393 e. The number of aliphatic hydroxyl groups excluding tert-OH is 1. The number of aliphatic hydroxyl groups is 1. The van der Waals surface area contributed by atoms with E-state index in [1.54, 1.807) is 36.5 Å². The SMILES string of the molecule is N#Cc1ccc(-n2nc(C(F)(F)F)c3c(-c4cnc5ccccc5c4)ccnc32)cc1NC1CCC(O)CC1. The van der Waals surface area contributed by atoms with Crippen LogP contribution in [0.3, 0.4) is 0 Å². The van der Waals surface area contributed by atoms with Crippen LogP contribution in [0.5, 0.6) is 0 Å². The number of nitrogens with one attached hydrogen (secondary N) is 1. The number of aromatic nitrogens is 4. The van der Waals surface area contributed by atoms with Gasteiger partial charge in [0.15, 0.2) is 11.3 Å². The van der Waals surface area contributed by atoms with Gasteiger partial charge in [-0.1, -0.05) is 18.2 Å². The van der Waals surface area contributed by atoms with Crippen molar-refractivity contribution in [2.75, 3.05) is 5.32 Å². The molecule has 5 aromatic rings. The van der Waals surface area contributed by atoms with Gasteiger partial charge in [-0.3, -0.25) is 4.98 Å². The van der Waals surface area contributed by atoms with Gasteiger partial charge >= 0.3 is 6.18 Å². The van der Waals surface area contributed by atoms with Gasteiger partial charge in [-0.2, -0.15) is 23.5 Å². The number of hydrogen-bond acceptors (Lipinski definition) is 6. The van der Waals surface area contributed by atoms with E-state index in [0.29, 0.717) is 40.9 Å². The third kappa shape index (κ3) is 4.66. The van der Waals surface area contributed by atoms with Crippen LogP contribution in [0.15, 0.2) is 67.0 Å². The maximum absolute atomic E-state index is 14.3. The minimum atomic E-state index is -4.73. The summed E-state index contributed by atoms with van der Waals surface area (Å²) in [4.78, 5) is 8.73. The Morgan fingerprint density at radius 1 is 1.00 bits per heavy atom. The van der Waals surface area contributed by atoms with Gasteiger partial charge in [0.25, 0.3) is 0 Å². The molecule has 0 aliphatic heterocycles. The molecule has 0 spiro atoms. The van der Waals surface area contributed by atoms with Crippen molar-refractivity contribution in [3.8, 4) is 22.9 Å². The van der Waals surface area contributed by atoms with Crippen molar-refractivity contribution in [1.29, 1.82) is 5.26 Å². The summed E-state index contributed by atoms with van der Waals surface area (Å²) >= 11 is 0. The van der Waals surface area contributed by atoms with Crippen LogP contribution in [0.1, 0.15) is 36.9 Å². The summed E-state index contributed by atoms with van der Waals surface area (Å²) < 4.78 is 44.2. The maximum Gasteiger partial charge on any atom is 0.435 e. The van der Waals surface area contributed by atoms with E-state index in [0.717, 1.165) is 23.7 Å². The van der Waals surface area contributed by atoms with Crippen LogP contribution in [-0.4, -0.2) is 37.0 Å². The van der Waals surface area contributed by atoms with Crippen molar-refractivity contribution in [3.05, 3.63) is 78.2 Å². The van der Waals surface area contributed by atoms with E-state index in [-0.39, 0.29) is 23.2 Å². The number of nitriles is 1. The Labute approximate surface area is 221 Å². The normalized spacial score (nSPS) is 17.8. The Hall–Kier alpha value is -4.49. The summed E-state index contributed by atoms with van der Waals surface area (Å²) in [6.07, 6.45) is 0.693. The fourth-order valence-corrected chi connectivity index (χ4v) is 5.20. The molecule has 0 unspecified atom stereocenters. The topological polar surface area (TPSA) is 99.7 Å². The third-order valence-electron chi connectivity index (χ3n) is 7.16. The minimum absolute atomic E-state index is 0.0426. The number of para-hydroxylation sites is 1. The average molecular weight is 529 g/mol. The number of benzene rings is 2. The van der Waals surface area contributed by atoms with Gasteiger partial charge in [-0.05, 0) is 67.6 Å². The molecule has 1 aliphatic rings. The summed E-state index contributed by atoms with van der Waals surface area (Å²) in [5, 5.41) is 27.5. The second kappa shape index (κ2) is 9.67. The summed E-state index contributed by atoms with van der Waals surface area (Å²) in [5.41, 5.74) is 1.80. The average Bonchev–Trinajstić information content (AvgIpc) is 3.35. The molecule has 0 bridgehead atoms. The molecule has 0 radical (unpaired) electrons. The van der Waals surface area contributed by atoms with E-state index in [4.69, 9.17) is 0 Å². The number of alkyl halides is 3. The highest BCUT2D eigenvalue weighted by Gasteiger charge is 2.38. The first-order chi connectivity index (χ1) is 18.8. The summed E-state index contributed by atoms with van der Waals surface area (Å²) in [7, 11) is 0. The molecule has 2 N–H and O–H groups in total. The first kappa shape index (κ1) is 24.8. The molecular weight excluding hydrogens is 505 g/mol. The van der Waals surface area contributed by atoms with Crippen LogP contribution in [-0.2, 0) is 6.18 Å². The first-order valence-electron chi connectivity index (χ1n) is 12.6. The zero-order valence-electron chi connectivity index (χ0n) is 20.7. The lowest BCUT2D eigenvalue weighted by Crippen LogP contribution is -2.28. The van der Waals surface area contributed by atoms with Gasteiger partial charge in [-0.15, -0.1) is 0 Å². The highest BCUT2D eigenvalue weighted by Crippen LogP contribution is 2.40. The summed E-state index contributed by atoms with van der Waals surface area (Å²) in [5.74, 6) is 0. The molecule has 10 heteroatoms. The fourth-order valence-electron chi connectivity index (χ4n) is 5.20. The number of anilines is 1. The number of rotatable bonds is 4. The third-order valence-corrected chi connectivity index (χ3v) is 7.16. The summed E-state index contributed by atoms with van der Waals surface area (Å²) in [6, 6.07) is 17.7. The minimum Gasteiger partial charge on any atom is -0.393 e. The Morgan fingerprint density at radius 3 is 2.56 bits per heavy atom. The van der Waals surface area contributed by atoms with Crippen LogP contribution in [0.2, 0.25) is 0 Å². The second-order valence-corrected chi connectivity index (χ2v) is 9.72. The number of pyridine rings is 2. The molecule has 6 rings (SSSR count). The van der Waals surface area contributed by atoms with E-state index in [9.17, 15) is 23.5 Å². The van der Waals surface area contributed by atoms with Crippen molar-refractivity contribution >= 4 is 27.6 Å². The van der Waals surface area contributed by atoms with Crippen LogP contribution in [0, 0.1) is 11.3 Å². The molecule has 196 valence electrons. The fraction of sp³-hybridized carbons (Fsp3) is 0.241. The maximum atomic E-state index is 14.3. The highest BCUT2D eigenvalue weighted by atomic mass is 19.4. The van der Waals surface area contributed by atoms with Crippen LogP contribution in [0.25, 0.3) is 38.8 Å². The quantitative estimate of drug-likeness (QED) is 0.286. The van der Waals surface area contributed by atoms with Gasteiger partial charge in [0.05, 0.1) is 33.9 Å². The largest absolute Gasteiger partial charge is 0.435 e. The number of halogens is 3. The lowest BCUT2D eigenvalue weighted by molar-refractivity contribution is -0.140. The number of hydrogen-bond donors (Lipinski definition) is 2. The van der Waals surface area contributed by atoms with Crippen LogP contribution in [0.4, 0.5) is 18.9 Å². The van der Waals surface area contributed by atoms with E-state index < -0.39 is 11.9 Å². The first-order valence-corrected chi connectivity index (χ1v) is 12.6. The van der Waals surface area contributed by atoms with E-state index >= 15 is 0 Å². The van der Waals surface area contributed by atoms with Crippen molar-refractivity contribution in [1.82, 2.24) is 19.7 Å². The molecule has 0 amide bonds. The van der Waals surface area contributed by atoms with Gasteiger partial charge in [0.1, 0.15) is 6.07 Å². The molecule has 1 saturated carbocycles. The molecule has 7 nitrogen and oxygen atoms in total. The molecule has 0 atom stereocenters. The second-order valence-electron chi connectivity index (χ2n) is 9.72. The molecule has 1 fully saturated rings. The predicted octanol–water partition coefficient (Wildman–Crippen LogP) is 6.24. The Bertz CT molecular complexity index is 1730. The van der Waals surface area contributed by atoms with E-state index in [1.807, 2.05) is 24.3 Å². The molecule has 3 heterocycles. The number of fused-ring (bicyclic) bond motifs is 2.